The minimum absolute atomic E-state index is 0.509. The Morgan fingerprint density at radius 1 is 1.12 bits per heavy atom. The van der Waals surface area contributed by atoms with E-state index in [-0.39, 0.29) is 0 Å². The predicted molar refractivity (Wildman–Crippen MR) is 67.8 cm³/mol. The molecule has 0 aliphatic rings. The van der Waals surface area contributed by atoms with E-state index < -0.39 is 0 Å². The highest BCUT2D eigenvalue weighted by atomic mass is 35.5. The zero-order valence-corrected chi connectivity index (χ0v) is 9.83. The van der Waals surface area contributed by atoms with Crippen LogP contribution >= 0.6 is 11.6 Å². The van der Waals surface area contributed by atoms with E-state index in [9.17, 15) is 0 Å². The van der Waals surface area contributed by atoms with Gasteiger partial charge in [0, 0.05) is 6.54 Å². The molecule has 0 bridgehead atoms. The van der Waals surface area contributed by atoms with Crippen molar-refractivity contribution in [3.8, 4) is 0 Å². The normalized spacial score (nSPS) is 10.1. The van der Waals surface area contributed by atoms with E-state index in [1.165, 1.54) is 11.1 Å². The van der Waals surface area contributed by atoms with E-state index in [0.717, 1.165) is 12.4 Å². The number of pyridine rings is 1. The van der Waals surface area contributed by atoms with Gasteiger partial charge in [-0.1, -0.05) is 41.9 Å². The van der Waals surface area contributed by atoms with Crippen LogP contribution in [0.3, 0.4) is 0 Å². The van der Waals surface area contributed by atoms with Gasteiger partial charge in [-0.3, -0.25) is 0 Å². The molecule has 3 heteroatoms. The van der Waals surface area contributed by atoms with Crippen LogP contribution in [0.4, 0.5) is 5.82 Å². The number of rotatable bonds is 3. The van der Waals surface area contributed by atoms with E-state index in [0.29, 0.717) is 5.15 Å². The largest absolute Gasteiger partial charge is 0.366 e. The van der Waals surface area contributed by atoms with E-state index in [2.05, 4.69) is 29.4 Å². The SMILES string of the molecule is Cc1ccccc1CNc1cccc(Cl)n1. The monoisotopic (exact) mass is 232 g/mol. The van der Waals surface area contributed by atoms with Crippen molar-refractivity contribution in [3.05, 3.63) is 58.7 Å². The van der Waals surface area contributed by atoms with Gasteiger partial charge in [0.05, 0.1) is 0 Å². The summed E-state index contributed by atoms with van der Waals surface area (Å²) in [5, 5.41) is 3.76. The molecule has 16 heavy (non-hydrogen) atoms. The van der Waals surface area contributed by atoms with Gasteiger partial charge < -0.3 is 5.32 Å². The lowest BCUT2D eigenvalue weighted by molar-refractivity contribution is 1.09. The van der Waals surface area contributed by atoms with Crippen LogP contribution in [0, 0.1) is 6.92 Å². The smallest absolute Gasteiger partial charge is 0.131 e. The quantitative estimate of drug-likeness (QED) is 0.817. The van der Waals surface area contributed by atoms with Crippen LogP contribution in [0.25, 0.3) is 0 Å². The molecular weight excluding hydrogens is 220 g/mol. The minimum atomic E-state index is 0.509. The first-order chi connectivity index (χ1) is 7.75. The summed E-state index contributed by atoms with van der Waals surface area (Å²) in [6.45, 7) is 2.86. The van der Waals surface area contributed by atoms with Crippen LogP contribution < -0.4 is 5.32 Å². The third-order valence-corrected chi connectivity index (χ3v) is 2.65. The average Bonchev–Trinajstić information content (AvgIpc) is 2.28. The van der Waals surface area contributed by atoms with Gasteiger partial charge in [0.1, 0.15) is 11.0 Å². The number of aryl methyl sites for hydroxylation is 1. The number of nitrogens with one attached hydrogen (secondary N) is 1. The fourth-order valence-electron chi connectivity index (χ4n) is 1.50. The van der Waals surface area contributed by atoms with Crippen molar-refractivity contribution >= 4 is 17.4 Å². The molecule has 1 aromatic carbocycles. The van der Waals surface area contributed by atoms with Crippen LogP contribution in [-0.4, -0.2) is 4.98 Å². The molecule has 2 aromatic rings. The van der Waals surface area contributed by atoms with Gasteiger partial charge in [-0.2, -0.15) is 0 Å². The number of nitrogens with zero attached hydrogens (tertiary/aromatic N) is 1. The molecule has 1 aromatic heterocycles. The summed E-state index contributed by atoms with van der Waals surface area (Å²) < 4.78 is 0. The second-order valence-electron chi connectivity index (χ2n) is 3.63. The van der Waals surface area contributed by atoms with Gasteiger partial charge in [-0.05, 0) is 30.2 Å². The second kappa shape index (κ2) is 4.99. The molecule has 0 amide bonds. The van der Waals surface area contributed by atoms with Gasteiger partial charge in [0.15, 0.2) is 0 Å². The number of aromatic nitrogens is 1. The second-order valence-corrected chi connectivity index (χ2v) is 4.01. The Bertz CT molecular complexity index is 483. The molecule has 82 valence electrons. The van der Waals surface area contributed by atoms with Crippen molar-refractivity contribution in [2.75, 3.05) is 5.32 Å². The highest BCUT2D eigenvalue weighted by molar-refractivity contribution is 6.29. The number of anilines is 1. The molecule has 0 radical (unpaired) electrons. The number of hydrogen-bond acceptors (Lipinski definition) is 2. The van der Waals surface area contributed by atoms with Crippen molar-refractivity contribution < 1.29 is 0 Å². The van der Waals surface area contributed by atoms with Gasteiger partial charge >= 0.3 is 0 Å². The minimum Gasteiger partial charge on any atom is -0.366 e. The summed E-state index contributed by atoms with van der Waals surface area (Å²) >= 11 is 5.81. The highest BCUT2D eigenvalue weighted by Crippen LogP contribution is 2.12. The summed E-state index contributed by atoms with van der Waals surface area (Å²) in [4.78, 5) is 4.17. The maximum absolute atomic E-state index is 5.81. The van der Waals surface area contributed by atoms with E-state index in [4.69, 9.17) is 11.6 Å². The lowest BCUT2D eigenvalue weighted by Crippen LogP contribution is -2.02. The van der Waals surface area contributed by atoms with Crippen molar-refractivity contribution in [1.82, 2.24) is 4.98 Å². The van der Waals surface area contributed by atoms with Gasteiger partial charge in [0.25, 0.3) is 0 Å². The maximum atomic E-state index is 5.81. The standard InChI is InChI=1S/C13H13ClN2/c1-10-5-2-3-6-11(10)9-15-13-8-4-7-12(14)16-13/h2-8H,9H2,1H3,(H,15,16). The molecule has 0 spiro atoms. The van der Waals surface area contributed by atoms with Gasteiger partial charge in [0.2, 0.25) is 0 Å². The number of benzene rings is 1. The molecule has 0 atom stereocenters. The third-order valence-electron chi connectivity index (χ3n) is 2.44. The molecule has 0 saturated heterocycles. The summed E-state index contributed by atoms with van der Waals surface area (Å²) in [6, 6.07) is 13.8. The predicted octanol–water partition coefficient (Wildman–Crippen LogP) is 3.66. The van der Waals surface area contributed by atoms with Crippen molar-refractivity contribution in [2.24, 2.45) is 0 Å². The van der Waals surface area contributed by atoms with E-state index >= 15 is 0 Å². The Balaban J connectivity index is 2.05. The first-order valence-corrected chi connectivity index (χ1v) is 5.54. The van der Waals surface area contributed by atoms with Crippen molar-refractivity contribution in [1.29, 1.82) is 0 Å². The zero-order valence-electron chi connectivity index (χ0n) is 9.07. The highest BCUT2D eigenvalue weighted by Gasteiger charge is 1.98. The van der Waals surface area contributed by atoms with Crippen molar-refractivity contribution in [2.45, 2.75) is 13.5 Å². The summed E-state index contributed by atoms with van der Waals surface area (Å²) in [5.74, 6) is 0.802. The molecule has 1 N–H and O–H groups in total. The Labute approximate surface area is 100 Å². The van der Waals surface area contributed by atoms with Crippen LogP contribution in [0.2, 0.25) is 5.15 Å². The number of hydrogen-bond donors (Lipinski definition) is 1. The number of halogens is 1. The average molecular weight is 233 g/mol. The molecule has 0 saturated carbocycles. The first kappa shape index (κ1) is 11.0. The lowest BCUT2D eigenvalue weighted by Gasteiger charge is -2.08. The first-order valence-electron chi connectivity index (χ1n) is 5.16. The van der Waals surface area contributed by atoms with Gasteiger partial charge in [-0.25, -0.2) is 4.98 Å². The Hall–Kier alpha value is -1.54. The van der Waals surface area contributed by atoms with Crippen molar-refractivity contribution in [3.63, 3.8) is 0 Å². The topological polar surface area (TPSA) is 24.9 Å². The zero-order chi connectivity index (χ0) is 11.4. The third kappa shape index (κ3) is 2.74. The Kier molecular flexibility index (Phi) is 3.42. The van der Waals surface area contributed by atoms with E-state index in [1.807, 2.05) is 24.3 Å². The molecule has 2 rings (SSSR count). The summed E-state index contributed by atoms with van der Waals surface area (Å²) in [6.07, 6.45) is 0. The van der Waals surface area contributed by atoms with Crippen LogP contribution in [0.1, 0.15) is 11.1 Å². The molecule has 0 unspecified atom stereocenters. The van der Waals surface area contributed by atoms with Crippen LogP contribution in [0.5, 0.6) is 0 Å². The van der Waals surface area contributed by atoms with Crippen LogP contribution in [-0.2, 0) is 6.54 Å². The Morgan fingerprint density at radius 2 is 1.94 bits per heavy atom. The fourth-order valence-corrected chi connectivity index (χ4v) is 1.66. The molecule has 0 aliphatic carbocycles. The maximum Gasteiger partial charge on any atom is 0.131 e. The molecule has 2 nitrogen and oxygen atoms in total. The molecule has 0 aliphatic heterocycles. The van der Waals surface area contributed by atoms with E-state index in [1.54, 1.807) is 6.07 Å². The fraction of sp³-hybridized carbons (Fsp3) is 0.154. The van der Waals surface area contributed by atoms with Gasteiger partial charge in [-0.15, -0.1) is 0 Å². The lowest BCUT2D eigenvalue weighted by atomic mass is 10.1. The molecule has 0 fully saturated rings. The molecular formula is C13H13ClN2. The van der Waals surface area contributed by atoms with Crippen LogP contribution in [0.15, 0.2) is 42.5 Å². The summed E-state index contributed by atoms with van der Waals surface area (Å²) in [7, 11) is 0. The Morgan fingerprint density at radius 3 is 2.69 bits per heavy atom. The molecule has 1 heterocycles. The summed E-state index contributed by atoms with van der Waals surface area (Å²) in [5.41, 5.74) is 2.54.